The molecule has 1 saturated heterocycles. The van der Waals surface area contributed by atoms with Crippen LogP contribution >= 0.6 is 11.6 Å². The van der Waals surface area contributed by atoms with Crippen LogP contribution in [0.15, 0.2) is 66.7 Å². The number of aromatic nitrogens is 1. The Balaban J connectivity index is 1.39. The van der Waals surface area contributed by atoms with Gasteiger partial charge in [0.05, 0.1) is 17.8 Å². The van der Waals surface area contributed by atoms with E-state index in [4.69, 9.17) is 21.3 Å². The van der Waals surface area contributed by atoms with Gasteiger partial charge >= 0.3 is 0 Å². The SMILES string of the molecule is CCOc1cc(-c2cccc(Cl)c2)nc2ccc(C(=O)N3CCN(c4cc(C)ccc4C)CC3)cc12. The van der Waals surface area contributed by atoms with E-state index in [0.717, 1.165) is 35.2 Å². The van der Waals surface area contributed by atoms with Crippen molar-refractivity contribution in [2.75, 3.05) is 37.7 Å². The predicted octanol–water partition coefficient (Wildman–Crippen LogP) is 6.53. The van der Waals surface area contributed by atoms with Crippen LogP contribution < -0.4 is 9.64 Å². The number of hydrogen-bond donors (Lipinski definition) is 0. The summed E-state index contributed by atoms with van der Waals surface area (Å²) >= 11 is 6.20. The molecule has 1 aliphatic rings. The first-order chi connectivity index (χ1) is 17.4. The lowest BCUT2D eigenvalue weighted by Crippen LogP contribution is -2.49. The molecule has 6 heteroatoms. The molecule has 1 amide bonds. The van der Waals surface area contributed by atoms with Crippen molar-refractivity contribution in [3.63, 3.8) is 0 Å². The van der Waals surface area contributed by atoms with Crippen molar-refractivity contribution in [1.29, 1.82) is 0 Å². The third-order valence-electron chi connectivity index (χ3n) is 6.71. The predicted molar refractivity (Wildman–Crippen MR) is 147 cm³/mol. The highest BCUT2D eigenvalue weighted by atomic mass is 35.5. The monoisotopic (exact) mass is 499 g/mol. The van der Waals surface area contributed by atoms with Crippen molar-refractivity contribution < 1.29 is 9.53 Å². The fourth-order valence-corrected chi connectivity index (χ4v) is 4.98. The second kappa shape index (κ2) is 10.2. The molecule has 36 heavy (non-hydrogen) atoms. The maximum absolute atomic E-state index is 13.4. The highest BCUT2D eigenvalue weighted by Gasteiger charge is 2.24. The molecule has 1 aromatic heterocycles. The second-order valence-electron chi connectivity index (χ2n) is 9.25. The van der Waals surface area contributed by atoms with Crippen LogP contribution in [0, 0.1) is 13.8 Å². The molecular formula is C30H30ClN3O2. The van der Waals surface area contributed by atoms with E-state index in [-0.39, 0.29) is 5.91 Å². The summed E-state index contributed by atoms with van der Waals surface area (Å²) in [5, 5.41) is 1.49. The number of fused-ring (bicyclic) bond motifs is 1. The first-order valence-corrected chi connectivity index (χ1v) is 12.8. The first-order valence-electron chi connectivity index (χ1n) is 12.4. The summed E-state index contributed by atoms with van der Waals surface area (Å²) in [5.41, 5.74) is 6.93. The number of pyridine rings is 1. The molecule has 0 radical (unpaired) electrons. The minimum absolute atomic E-state index is 0.0406. The van der Waals surface area contributed by atoms with Crippen LogP contribution in [0.25, 0.3) is 22.2 Å². The van der Waals surface area contributed by atoms with Gasteiger partial charge in [-0.1, -0.05) is 35.9 Å². The Morgan fingerprint density at radius 3 is 2.53 bits per heavy atom. The molecule has 0 aliphatic carbocycles. The minimum Gasteiger partial charge on any atom is -0.493 e. The summed E-state index contributed by atoms with van der Waals surface area (Å²) in [6.45, 7) is 9.75. The molecule has 3 aromatic carbocycles. The fraction of sp³-hybridized carbons (Fsp3) is 0.267. The van der Waals surface area contributed by atoms with Gasteiger partial charge in [-0.3, -0.25) is 4.79 Å². The van der Waals surface area contributed by atoms with Crippen LogP contribution in [0.5, 0.6) is 5.75 Å². The van der Waals surface area contributed by atoms with Crippen molar-refractivity contribution in [1.82, 2.24) is 9.88 Å². The van der Waals surface area contributed by atoms with E-state index in [0.29, 0.717) is 36.0 Å². The molecule has 0 N–H and O–H groups in total. The number of benzene rings is 3. The lowest BCUT2D eigenvalue weighted by Gasteiger charge is -2.37. The quantitative estimate of drug-likeness (QED) is 0.313. The maximum atomic E-state index is 13.4. The smallest absolute Gasteiger partial charge is 0.254 e. The van der Waals surface area contributed by atoms with Crippen LogP contribution in [-0.4, -0.2) is 48.6 Å². The van der Waals surface area contributed by atoms with E-state index < -0.39 is 0 Å². The number of rotatable bonds is 5. The van der Waals surface area contributed by atoms with Gasteiger partial charge in [0, 0.05) is 59.5 Å². The van der Waals surface area contributed by atoms with Gasteiger partial charge in [-0.15, -0.1) is 0 Å². The van der Waals surface area contributed by atoms with Crippen molar-refractivity contribution in [3.8, 4) is 17.0 Å². The van der Waals surface area contributed by atoms with E-state index in [1.165, 1.54) is 16.8 Å². The average Bonchev–Trinajstić information content (AvgIpc) is 2.89. The number of piperazine rings is 1. The number of halogens is 1. The molecule has 1 fully saturated rings. The van der Waals surface area contributed by atoms with E-state index in [1.807, 2.05) is 60.4 Å². The highest BCUT2D eigenvalue weighted by Crippen LogP contribution is 2.32. The third kappa shape index (κ3) is 4.89. The molecular weight excluding hydrogens is 470 g/mol. The van der Waals surface area contributed by atoms with Gasteiger partial charge in [0.25, 0.3) is 5.91 Å². The van der Waals surface area contributed by atoms with Gasteiger partial charge in [-0.2, -0.15) is 0 Å². The molecule has 0 spiro atoms. The zero-order chi connectivity index (χ0) is 25.2. The van der Waals surface area contributed by atoms with E-state index >= 15 is 0 Å². The van der Waals surface area contributed by atoms with Gasteiger partial charge in [0.1, 0.15) is 5.75 Å². The topological polar surface area (TPSA) is 45.7 Å². The van der Waals surface area contributed by atoms with Crippen LogP contribution in [0.3, 0.4) is 0 Å². The second-order valence-corrected chi connectivity index (χ2v) is 9.69. The third-order valence-corrected chi connectivity index (χ3v) is 6.95. The maximum Gasteiger partial charge on any atom is 0.254 e. The zero-order valence-electron chi connectivity index (χ0n) is 20.9. The number of ether oxygens (including phenoxy) is 1. The van der Waals surface area contributed by atoms with Crippen molar-refractivity contribution in [2.45, 2.75) is 20.8 Å². The molecule has 0 bridgehead atoms. The van der Waals surface area contributed by atoms with Crippen LogP contribution in [0.4, 0.5) is 5.69 Å². The summed E-state index contributed by atoms with van der Waals surface area (Å²) in [5.74, 6) is 0.755. The van der Waals surface area contributed by atoms with Gasteiger partial charge in [0.15, 0.2) is 0 Å². The molecule has 0 atom stereocenters. The van der Waals surface area contributed by atoms with Crippen LogP contribution in [0.1, 0.15) is 28.4 Å². The van der Waals surface area contributed by atoms with Gasteiger partial charge < -0.3 is 14.5 Å². The molecule has 1 aliphatic heterocycles. The standard InChI is InChI=1S/C30H30ClN3O2/c1-4-36-29-19-27(22-6-5-7-24(31)17-22)32-26-11-10-23(18-25(26)29)30(35)34-14-12-33(13-15-34)28-16-20(2)8-9-21(28)3/h5-11,16-19H,4,12-15H2,1-3H3. The summed E-state index contributed by atoms with van der Waals surface area (Å²) in [4.78, 5) is 22.6. The van der Waals surface area contributed by atoms with E-state index in [9.17, 15) is 4.79 Å². The van der Waals surface area contributed by atoms with E-state index in [1.54, 1.807) is 0 Å². The normalized spacial score (nSPS) is 13.8. The summed E-state index contributed by atoms with van der Waals surface area (Å²) in [6.07, 6.45) is 0. The average molecular weight is 500 g/mol. The Bertz CT molecular complexity index is 1430. The Hall–Kier alpha value is -3.57. The summed E-state index contributed by atoms with van der Waals surface area (Å²) < 4.78 is 5.97. The Morgan fingerprint density at radius 1 is 0.972 bits per heavy atom. The Morgan fingerprint density at radius 2 is 1.78 bits per heavy atom. The molecule has 4 aromatic rings. The van der Waals surface area contributed by atoms with Crippen LogP contribution in [0.2, 0.25) is 5.02 Å². The van der Waals surface area contributed by atoms with Crippen LogP contribution in [-0.2, 0) is 0 Å². The van der Waals surface area contributed by atoms with Gasteiger partial charge in [-0.05, 0) is 68.3 Å². The number of nitrogens with zero attached hydrogens (tertiary/aromatic N) is 3. The lowest BCUT2D eigenvalue weighted by atomic mass is 10.1. The lowest BCUT2D eigenvalue weighted by molar-refractivity contribution is 0.0747. The number of carbonyl (C=O) groups is 1. The first kappa shape index (κ1) is 24.1. The number of aryl methyl sites for hydroxylation is 2. The van der Waals surface area contributed by atoms with Crippen molar-refractivity contribution >= 4 is 34.1 Å². The molecule has 5 rings (SSSR count). The number of anilines is 1. The number of hydrogen-bond acceptors (Lipinski definition) is 4. The van der Waals surface area contributed by atoms with E-state index in [2.05, 4.69) is 36.9 Å². The number of carbonyl (C=O) groups excluding carboxylic acids is 1. The molecule has 0 unspecified atom stereocenters. The Kier molecular flexibility index (Phi) is 6.84. The largest absolute Gasteiger partial charge is 0.493 e. The zero-order valence-corrected chi connectivity index (χ0v) is 21.7. The fourth-order valence-electron chi connectivity index (χ4n) is 4.79. The number of amides is 1. The Labute approximate surface area is 217 Å². The molecule has 2 heterocycles. The van der Waals surface area contributed by atoms with Gasteiger partial charge in [0.2, 0.25) is 0 Å². The summed E-state index contributed by atoms with van der Waals surface area (Å²) in [7, 11) is 0. The summed E-state index contributed by atoms with van der Waals surface area (Å²) in [6, 6.07) is 21.8. The highest BCUT2D eigenvalue weighted by molar-refractivity contribution is 6.30. The minimum atomic E-state index is 0.0406. The van der Waals surface area contributed by atoms with Crippen molar-refractivity contribution in [3.05, 3.63) is 88.4 Å². The van der Waals surface area contributed by atoms with Gasteiger partial charge in [-0.25, -0.2) is 4.98 Å². The van der Waals surface area contributed by atoms with Crippen molar-refractivity contribution in [2.24, 2.45) is 0 Å². The molecule has 5 nitrogen and oxygen atoms in total. The molecule has 0 saturated carbocycles. The molecule has 184 valence electrons.